The fourth-order valence-electron chi connectivity index (χ4n) is 3.76. The maximum Gasteiger partial charge on any atom is 0.490 e. The number of piperidine rings is 1. The van der Waals surface area contributed by atoms with Crippen molar-refractivity contribution in [2.24, 2.45) is 5.92 Å². The number of halogens is 3. The fourth-order valence-corrected chi connectivity index (χ4v) is 3.76. The monoisotopic (exact) mass is 430 g/mol. The van der Waals surface area contributed by atoms with Gasteiger partial charge in [-0.15, -0.1) is 0 Å². The predicted molar refractivity (Wildman–Crippen MR) is 98.3 cm³/mol. The lowest BCUT2D eigenvalue weighted by molar-refractivity contribution is -0.192. The van der Waals surface area contributed by atoms with Gasteiger partial charge in [-0.3, -0.25) is 9.78 Å². The van der Waals surface area contributed by atoms with E-state index in [1.165, 1.54) is 0 Å². The third kappa shape index (κ3) is 6.15. The molecular weight excluding hydrogens is 405 g/mol. The van der Waals surface area contributed by atoms with Crippen LogP contribution in [0.2, 0.25) is 0 Å². The molecular formula is C20H25F3N2O5. The van der Waals surface area contributed by atoms with E-state index in [0.717, 1.165) is 50.8 Å². The number of amides is 1. The summed E-state index contributed by atoms with van der Waals surface area (Å²) in [4.78, 5) is 27.3. The highest BCUT2D eigenvalue weighted by Crippen LogP contribution is 2.38. The molecule has 30 heavy (non-hydrogen) atoms. The van der Waals surface area contributed by atoms with Gasteiger partial charge in [-0.1, -0.05) is 0 Å². The van der Waals surface area contributed by atoms with Crippen molar-refractivity contribution in [1.29, 1.82) is 0 Å². The summed E-state index contributed by atoms with van der Waals surface area (Å²) in [7, 11) is 0. The van der Waals surface area contributed by atoms with Crippen LogP contribution >= 0.6 is 0 Å². The van der Waals surface area contributed by atoms with Crippen molar-refractivity contribution in [2.45, 2.75) is 56.6 Å². The number of hydrogen-bond acceptors (Lipinski definition) is 5. The first-order chi connectivity index (χ1) is 14.2. The fraction of sp³-hybridized carbons (Fsp3) is 0.650. The lowest BCUT2D eigenvalue weighted by atomic mass is 9.89. The number of aliphatic carboxylic acids is 1. The van der Waals surface area contributed by atoms with E-state index >= 15 is 0 Å². The molecule has 1 amide bonds. The maximum absolute atomic E-state index is 12.3. The molecule has 10 heteroatoms. The normalized spacial score (nSPS) is 26.2. The van der Waals surface area contributed by atoms with Gasteiger partial charge in [-0.05, 0) is 43.4 Å². The quantitative estimate of drug-likeness (QED) is 0.790. The standard InChI is InChI=1S/C18H24N2O3.C2HF3O2/c21-17(15-2-3-15)20-9-1-6-18(13-20)10-16(12-23-18)22-11-14-4-7-19-8-5-14;3-2(4,5)1(6)7/h4-5,7-8,15-16H,1-3,6,9-13H2;(H,6,7)/t16-,18+;/m1./s1. The van der Waals surface area contributed by atoms with Gasteiger partial charge in [0.2, 0.25) is 5.91 Å². The van der Waals surface area contributed by atoms with Crippen LogP contribution < -0.4 is 0 Å². The van der Waals surface area contributed by atoms with E-state index in [2.05, 4.69) is 4.98 Å². The first-order valence-electron chi connectivity index (χ1n) is 9.92. The van der Waals surface area contributed by atoms with Gasteiger partial charge in [0, 0.05) is 37.8 Å². The van der Waals surface area contributed by atoms with Gasteiger partial charge in [0.05, 0.1) is 24.9 Å². The van der Waals surface area contributed by atoms with Crippen LogP contribution in [0.3, 0.4) is 0 Å². The third-order valence-electron chi connectivity index (χ3n) is 5.43. The van der Waals surface area contributed by atoms with Crippen LogP contribution in [-0.2, 0) is 25.7 Å². The van der Waals surface area contributed by atoms with Crippen molar-refractivity contribution < 1.29 is 37.3 Å². The summed E-state index contributed by atoms with van der Waals surface area (Å²) in [6.07, 6.45) is 3.72. The van der Waals surface area contributed by atoms with Gasteiger partial charge >= 0.3 is 12.1 Å². The number of hydrogen-bond donors (Lipinski definition) is 1. The van der Waals surface area contributed by atoms with Crippen molar-refractivity contribution in [1.82, 2.24) is 9.88 Å². The Balaban J connectivity index is 0.000000318. The molecule has 1 aliphatic carbocycles. The lowest BCUT2D eigenvalue weighted by Crippen LogP contribution is -2.50. The van der Waals surface area contributed by atoms with Crippen molar-refractivity contribution in [3.63, 3.8) is 0 Å². The van der Waals surface area contributed by atoms with Crippen molar-refractivity contribution in [3.8, 4) is 0 Å². The van der Waals surface area contributed by atoms with Crippen molar-refractivity contribution >= 4 is 11.9 Å². The van der Waals surface area contributed by atoms with E-state index < -0.39 is 12.1 Å². The van der Waals surface area contributed by atoms with E-state index in [4.69, 9.17) is 19.4 Å². The number of carbonyl (C=O) groups excluding carboxylic acids is 1. The molecule has 3 heterocycles. The van der Waals surface area contributed by atoms with E-state index in [1.807, 2.05) is 17.0 Å². The SMILES string of the molecule is O=C(C1CC1)N1CCC[C@]2(C[C@@H](OCc3ccncc3)CO2)C1.O=C(O)C(F)(F)F. The molecule has 0 bridgehead atoms. The Morgan fingerprint density at radius 3 is 2.57 bits per heavy atom. The highest BCUT2D eigenvalue weighted by atomic mass is 19.4. The zero-order chi connectivity index (χ0) is 21.8. The number of carbonyl (C=O) groups is 2. The summed E-state index contributed by atoms with van der Waals surface area (Å²) < 4.78 is 43.9. The number of rotatable bonds is 4. The van der Waals surface area contributed by atoms with Crippen LogP contribution in [0.25, 0.3) is 0 Å². The summed E-state index contributed by atoms with van der Waals surface area (Å²) in [5.74, 6) is -2.12. The van der Waals surface area contributed by atoms with Crippen LogP contribution in [0.5, 0.6) is 0 Å². The number of aromatic nitrogens is 1. The first kappa shape index (κ1) is 22.5. The summed E-state index contributed by atoms with van der Waals surface area (Å²) in [5, 5.41) is 7.12. The van der Waals surface area contributed by atoms with Gasteiger partial charge < -0.3 is 19.5 Å². The van der Waals surface area contributed by atoms with E-state index in [9.17, 15) is 18.0 Å². The van der Waals surface area contributed by atoms with Crippen LogP contribution in [0, 0.1) is 5.92 Å². The van der Waals surface area contributed by atoms with Crippen molar-refractivity contribution in [3.05, 3.63) is 30.1 Å². The minimum atomic E-state index is -5.08. The molecule has 3 aliphatic rings. The number of pyridine rings is 1. The summed E-state index contributed by atoms with van der Waals surface area (Å²) in [5.41, 5.74) is 0.959. The number of alkyl halides is 3. The predicted octanol–water partition coefficient (Wildman–Crippen LogP) is 2.79. The largest absolute Gasteiger partial charge is 0.490 e. The van der Waals surface area contributed by atoms with Crippen molar-refractivity contribution in [2.75, 3.05) is 19.7 Å². The number of likely N-dealkylation sites (tertiary alicyclic amines) is 1. The molecule has 1 N–H and O–H groups in total. The summed E-state index contributed by atoms with van der Waals surface area (Å²) in [6.45, 7) is 2.87. The van der Waals surface area contributed by atoms with E-state index in [-0.39, 0.29) is 11.7 Å². The molecule has 166 valence electrons. The Kier molecular flexibility index (Phi) is 6.97. The van der Waals surface area contributed by atoms with Crippen LogP contribution in [0.4, 0.5) is 13.2 Å². The van der Waals surface area contributed by atoms with Crippen LogP contribution in [0.1, 0.15) is 37.7 Å². The van der Waals surface area contributed by atoms with E-state index in [0.29, 0.717) is 25.0 Å². The highest BCUT2D eigenvalue weighted by molar-refractivity contribution is 5.81. The third-order valence-corrected chi connectivity index (χ3v) is 5.43. The lowest BCUT2D eigenvalue weighted by Gasteiger charge is -2.39. The second-order valence-electron chi connectivity index (χ2n) is 7.93. The second-order valence-corrected chi connectivity index (χ2v) is 7.93. The molecule has 7 nitrogen and oxygen atoms in total. The molecule has 1 spiro atoms. The van der Waals surface area contributed by atoms with Crippen LogP contribution in [0.15, 0.2) is 24.5 Å². The topological polar surface area (TPSA) is 89.0 Å². The molecule has 2 aliphatic heterocycles. The molecule has 2 atom stereocenters. The number of carboxylic acids is 1. The molecule has 0 radical (unpaired) electrons. The number of ether oxygens (including phenoxy) is 2. The summed E-state index contributed by atoms with van der Waals surface area (Å²) in [6, 6.07) is 3.95. The molecule has 2 saturated heterocycles. The minimum absolute atomic E-state index is 0.124. The van der Waals surface area contributed by atoms with Gasteiger partial charge in [-0.2, -0.15) is 13.2 Å². The summed E-state index contributed by atoms with van der Waals surface area (Å²) >= 11 is 0. The maximum atomic E-state index is 12.3. The molecule has 4 rings (SSSR count). The number of carboxylic acid groups (broad SMARTS) is 1. The molecule has 1 aromatic rings. The Hall–Kier alpha value is -2.20. The molecule has 0 unspecified atom stereocenters. The van der Waals surface area contributed by atoms with Gasteiger partial charge in [0.1, 0.15) is 0 Å². The average molecular weight is 430 g/mol. The zero-order valence-corrected chi connectivity index (χ0v) is 16.4. The Bertz CT molecular complexity index is 742. The second kappa shape index (κ2) is 9.30. The van der Waals surface area contributed by atoms with Gasteiger partial charge in [-0.25, -0.2) is 4.79 Å². The molecule has 1 saturated carbocycles. The van der Waals surface area contributed by atoms with E-state index in [1.54, 1.807) is 12.4 Å². The molecule has 0 aromatic carbocycles. The Morgan fingerprint density at radius 1 is 1.30 bits per heavy atom. The molecule has 3 fully saturated rings. The first-order valence-corrected chi connectivity index (χ1v) is 9.92. The van der Waals surface area contributed by atoms with Gasteiger partial charge in [0.15, 0.2) is 0 Å². The molecule has 1 aromatic heterocycles. The number of nitrogens with zero attached hydrogens (tertiary/aromatic N) is 2. The minimum Gasteiger partial charge on any atom is -0.475 e. The Labute approximate surface area is 172 Å². The van der Waals surface area contributed by atoms with Gasteiger partial charge in [0.25, 0.3) is 0 Å². The zero-order valence-electron chi connectivity index (χ0n) is 16.4. The van der Waals surface area contributed by atoms with Crippen LogP contribution in [-0.4, -0.2) is 64.4 Å². The smallest absolute Gasteiger partial charge is 0.475 e. The average Bonchev–Trinajstić information content (AvgIpc) is 3.49. The highest BCUT2D eigenvalue weighted by Gasteiger charge is 2.46. The Morgan fingerprint density at radius 2 is 1.97 bits per heavy atom.